The number of rotatable bonds is 9. The second-order valence-electron chi connectivity index (χ2n) is 8.00. The topological polar surface area (TPSA) is 71.5 Å². The van der Waals surface area contributed by atoms with Crippen molar-refractivity contribution in [2.24, 2.45) is 0 Å². The molecule has 0 bridgehead atoms. The lowest BCUT2D eigenvalue weighted by Gasteiger charge is -2.27. The molecule has 0 aliphatic heterocycles. The number of hydrogen-bond donors (Lipinski definition) is 1. The Morgan fingerprint density at radius 2 is 1.87 bits per heavy atom. The molecule has 0 atom stereocenters. The van der Waals surface area contributed by atoms with Gasteiger partial charge in [0.1, 0.15) is 5.60 Å². The van der Waals surface area contributed by atoms with Gasteiger partial charge in [-0.2, -0.15) is 11.8 Å². The highest BCUT2D eigenvalue weighted by molar-refractivity contribution is 7.97. The van der Waals surface area contributed by atoms with Crippen molar-refractivity contribution in [1.82, 2.24) is 15.2 Å². The molecule has 0 radical (unpaired) electrons. The van der Waals surface area contributed by atoms with Crippen LogP contribution in [0.25, 0.3) is 0 Å². The molecule has 0 fully saturated rings. The number of carbonyl (C=O) groups is 2. The molecular formula is C23H31N3O3S. The molecular weight excluding hydrogens is 398 g/mol. The first-order chi connectivity index (χ1) is 14.3. The Balaban J connectivity index is 1.87. The van der Waals surface area contributed by atoms with E-state index in [9.17, 15) is 9.59 Å². The molecule has 1 heterocycles. The Kier molecular flexibility index (Phi) is 9.17. The number of thioether (sulfide) groups is 1. The number of nitrogens with zero attached hydrogens (tertiary/aromatic N) is 2. The molecule has 0 saturated carbocycles. The summed E-state index contributed by atoms with van der Waals surface area (Å²) in [4.78, 5) is 30.7. The summed E-state index contributed by atoms with van der Waals surface area (Å²) in [6.45, 7) is 6.88. The van der Waals surface area contributed by atoms with Gasteiger partial charge in [0.15, 0.2) is 0 Å². The highest BCUT2D eigenvalue weighted by Gasteiger charge is 2.22. The quantitative estimate of drug-likeness (QED) is 0.594. The zero-order valence-corrected chi connectivity index (χ0v) is 19.0. The van der Waals surface area contributed by atoms with E-state index < -0.39 is 5.60 Å². The molecule has 30 heavy (non-hydrogen) atoms. The number of carbonyl (C=O) groups excluding carboxylic acids is 2. The van der Waals surface area contributed by atoms with E-state index in [1.807, 2.05) is 57.2 Å². The number of nitrogens with one attached hydrogen (secondary N) is 1. The van der Waals surface area contributed by atoms with Gasteiger partial charge in [0.25, 0.3) is 5.91 Å². The summed E-state index contributed by atoms with van der Waals surface area (Å²) in [5.74, 6) is 0.820. The van der Waals surface area contributed by atoms with Gasteiger partial charge in [0.05, 0.1) is 6.54 Å². The zero-order valence-electron chi connectivity index (χ0n) is 18.2. The SMILES string of the molecule is CSCc1ccc(C(=O)NCCCN(Cc2cccnc2)C(=O)OC(C)(C)C)cc1. The van der Waals surface area contributed by atoms with Crippen LogP contribution in [0.1, 0.15) is 48.7 Å². The minimum absolute atomic E-state index is 0.109. The largest absolute Gasteiger partial charge is 0.444 e. The molecule has 6 nitrogen and oxygen atoms in total. The fourth-order valence-corrected chi connectivity index (χ4v) is 3.29. The van der Waals surface area contributed by atoms with Gasteiger partial charge < -0.3 is 15.0 Å². The molecule has 0 aliphatic rings. The van der Waals surface area contributed by atoms with Gasteiger partial charge in [-0.3, -0.25) is 9.78 Å². The second kappa shape index (κ2) is 11.6. The molecule has 0 aliphatic carbocycles. The number of pyridine rings is 1. The van der Waals surface area contributed by atoms with Crippen molar-refractivity contribution in [2.75, 3.05) is 19.3 Å². The Bertz CT molecular complexity index is 805. The molecule has 162 valence electrons. The van der Waals surface area contributed by atoms with Gasteiger partial charge in [-0.1, -0.05) is 18.2 Å². The van der Waals surface area contributed by atoms with E-state index in [0.29, 0.717) is 31.6 Å². The predicted octanol–water partition coefficient (Wildman–Crippen LogP) is 4.50. The minimum Gasteiger partial charge on any atom is -0.444 e. The van der Waals surface area contributed by atoms with E-state index in [1.165, 1.54) is 5.56 Å². The summed E-state index contributed by atoms with van der Waals surface area (Å²) in [5, 5.41) is 2.92. The van der Waals surface area contributed by atoms with Crippen LogP contribution < -0.4 is 5.32 Å². The van der Waals surface area contributed by atoms with Gasteiger partial charge >= 0.3 is 6.09 Å². The van der Waals surface area contributed by atoms with Gasteiger partial charge in [0.2, 0.25) is 0 Å². The summed E-state index contributed by atoms with van der Waals surface area (Å²) in [7, 11) is 0. The van der Waals surface area contributed by atoms with Crippen LogP contribution in [0.3, 0.4) is 0 Å². The third-order valence-corrected chi connectivity index (χ3v) is 4.79. The Hall–Kier alpha value is -2.54. The van der Waals surface area contributed by atoms with Crippen molar-refractivity contribution in [1.29, 1.82) is 0 Å². The zero-order chi connectivity index (χ0) is 22.0. The van der Waals surface area contributed by atoms with E-state index in [0.717, 1.165) is 11.3 Å². The summed E-state index contributed by atoms with van der Waals surface area (Å²) >= 11 is 1.75. The van der Waals surface area contributed by atoms with E-state index in [1.54, 1.807) is 29.1 Å². The van der Waals surface area contributed by atoms with Crippen molar-refractivity contribution < 1.29 is 14.3 Å². The fraction of sp³-hybridized carbons (Fsp3) is 0.435. The number of aromatic nitrogens is 1. The molecule has 0 unspecified atom stereocenters. The van der Waals surface area contributed by atoms with Gasteiger partial charge in [-0.25, -0.2) is 4.79 Å². The maximum atomic E-state index is 12.6. The minimum atomic E-state index is -0.569. The predicted molar refractivity (Wildman–Crippen MR) is 121 cm³/mol. The van der Waals surface area contributed by atoms with Crippen molar-refractivity contribution >= 4 is 23.8 Å². The van der Waals surface area contributed by atoms with Crippen molar-refractivity contribution in [3.05, 3.63) is 65.5 Å². The van der Waals surface area contributed by atoms with Gasteiger partial charge in [0, 0.05) is 36.8 Å². The lowest BCUT2D eigenvalue weighted by Crippen LogP contribution is -2.38. The monoisotopic (exact) mass is 429 g/mol. The van der Waals surface area contributed by atoms with Crippen LogP contribution in [0.15, 0.2) is 48.8 Å². The van der Waals surface area contributed by atoms with E-state index >= 15 is 0 Å². The van der Waals surface area contributed by atoms with Crippen LogP contribution >= 0.6 is 11.8 Å². The van der Waals surface area contributed by atoms with Crippen LogP contribution in [0.5, 0.6) is 0 Å². The molecule has 1 aromatic carbocycles. The molecule has 7 heteroatoms. The third-order valence-electron chi connectivity index (χ3n) is 4.17. The average Bonchev–Trinajstić information content (AvgIpc) is 2.70. The lowest BCUT2D eigenvalue weighted by molar-refractivity contribution is 0.0232. The summed E-state index contributed by atoms with van der Waals surface area (Å²) in [6.07, 6.45) is 5.73. The molecule has 0 saturated heterocycles. The number of amides is 2. The molecule has 2 rings (SSSR count). The maximum absolute atomic E-state index is 12.6. The lowest BCUT2D eigenvalue weighted by atomic mass is 10.1. The normalized spacial score (nSPS) is 11.1. The molecule has 0 spiro atoms. The third kappa shape index (κ3) is 8.45. The Labute approximate surface area is 183 Å². The van der Waals surface area contributed by atoms with E-state index in [4.69, 9.17) is 4.74 Å². The number of ether oxygens (including phenoxy) is 1. The van der Waals surface area contributed by atoms with Crippen molar-refractivity contribution in [3.8, 4) is 0 Å². The molecule has 2 amide bonds. The first kappa shape index (κ1) is 23.7. The summed E-state index contributed by atoms with van der Waals surface area (Å²) in [5.41, 5.74) is 2.19. The van der Waals surface area contributed by atoms with Gasteiger partial charge in [-0.05, 0) is 62.8 Å². The number of hydrogen-bond acceptors (Lipinski definition) is 5. The first-order valence-electron chi connectivity index (χ1n) is 10.0. The van der Waals surface area contributed by atoms with Crippen LogP contribution in [0, 0.1) is 0 Å². The molecule has 1 aromatic heterocycles. The van der Waals surface area contributed by atoms with E-state index in [2.05, 4.69) is 16.6 Å². The van der Waals surface area contributed by atoms with Crippen LogP contribution in [-0.2, 0) is 17.0 Å². The summed E-state index contributed by atoms with van der Waals surface area (Å²) in [6, 6.07) is 11.4. The van der Waals surface area contributed by atoms with Gasteiger partial charge in [-0.15, -0.1) is 0 Å². The Morgan fingerprint density at radius 3 is 2.47 bits per heavy atom. The van der Waals surface area contributed by atoms with E-state index in [-0.39, 0.29) is 12.0 Å². The molecule has 2 aromatic rings. The second-order valence-corrected chi connectivity index (χ2v) is 8.87. The Morgan fingerprint density at radius 1 is 1.13 bits per heavy atom. The van der Waals surface area contributed by atoms with Crippen LogP contribution in [0.4, 0.5) is 4.79 Å². The molecule has 1 N–H and O–H groups in total. The fourth-order valence-electron chi connectivity index (χ4n) is 2.77. The summed E-state index contributed by atoms with van der Waals surface area (Å²) < 4.78 is 5.53. The standard InChI is InChI=1S/C23H31N3O3S/c1-23(2,3)29-22(28)26(16-19-7-5-12-24-15-19)14-6-13-25-21(27)20-10-8-18(9-11-20)17-30-4/h5,7-12,15H,6,13-14,16-17H2,1-4H3,(H,25,27). The highest BCUT2D eigenvalue weighted by Crippen LogP contribution is 2.13. The first-order valence-corrected chi connectivity index (χ1v) is 11.4. The number of benzene rings is 1. The maximum Gasteiger partial charge on any atom is 0.410 e. The van der Waals surface area contributed by atoms with Crippen LogP contribution in [-0.4, -0.2) is 46.8 Å². The smallest absolute Gasteiger partial charge is 0.410 e. The highest BCUT2D eigenvalue weighted by atomic mass is 32.2. The van der Waals surface area contributed by atoms with Crippen molar-refractivity contribution in [3.63, 3.8) is 0 Å². The van der Waals surface area contributed by atoms with Crippen LogP contribution in [0.2, 0.25) is 0 Å². The average molecular weight is 430 g/mol. The van der Waals surface area contributed by atoms with Crippen molar-refractivity contribution in [2.45, 2.75) is 45.1 Å².